The summed E-state index contributed by atoms with van der Waals surface area (Å²) in [6, 6.07) is 11.4. The van der Waals surface area contributed by atoms with Gasteiger partial charge < -0.3 is 5.32 Å². The topological polar surface area (TPSA) is 67.8 Å². The third-order valence-corrected chi connectivity index (χ3v) is 5.75. The Morgan fingerprint density at radius 1 is 1.08 bits per heavy atom. The molecule has 0 saturated heterocycles. The minimum absolute atomic E-state index is 0.155. The molecule has 0 fully saturated rings. The standard InChI is InChI=1S/C18H14N4OS2/c1-10-16(25-18(20-10)14-5-3-4-8-19-14)17(23)22-12-6-7-13-15(9-12)24-11(2)21-13/h3-9H,1-2H3,(H,22,23). The van der Waals surface area contributed by atoms with Gasteiger partial charge in [-0.25, -0.2) is 9.97 Å². The summed E-state index contributed by atoms with van der Waals surface area (Å²) in [5.74, 6) is -0.155. The van der Waals surface area contributed by atoms with E-state index in [0.717, 1.165) is 31.6 Å². The average molecular weight is 366 g/mol. The number of benzene rings is 1. The summed E-state index contributed by atoms with van der Waals surface area (Å²) in [4.78, 5) is 26.5. The number of amides is 1. The Morgan fingerprint density at radius 2 is 1.96 bits per heavy atom. The van der Waals surface area contributed by atoms with E-state index in [0.29, 0.717) is 10.6 Å². The third kappa shape index (κ3) is 3.16. The molecule has 5 nitrogen and oxygen atoms in total. The van der Waals surface area contributed by atoms with E-state index in [9.17, 15) is 4.79 Å². The number of fused-ring (bicyclic) bond motifs is 1. The molecule has 4 aromatic rings. The Kier molecular flexibility index (Phi) is 4.03. The van der Waals surface area contributed by atoms with Crippen molar-refractivity contribution in [3.63, 3.8) is 0 Å². The zero-order chi connectivity index (χ0) is 17.4. The molecule has 0 atom stereocenters. The molecule has 0 spiro atoms. The molecule has 124 valence electrons. The van der Waals surface area contributed by atoms with Crippen molar-refractivity contribution in [3.8, 4) is 10.7 Å². The zero-order valence-corrected chi connectivity index (χ0v) is 15.2. The van der Waals surface area contributed by atoms with Crippen LogP contribution in [0.5, 0.6) is 0 Å². The van der Waals surface area contributed by atoms with Crippen molar-refractivity contribution in [1.82, 2.24) is 15.0 Å². The van der Waals surface area contributed by atoms with Crippen molar-refractivity contribution in [2.24, 2.45) is 0 Å². The molecule has 25 heavy (non-hydrogen) atoms. The molecule has 0 bridgehead atoms. The highest BCUT2D eigenvalue weighted by molar-refractivity contribution is 7.18. The fourth-order valence-electron chi connectivity index (χ4n) is 2.51. The van der Waals surface area contributed by atoms with Gasteiger partial charge in [0.2, 0.25) is 0 Å². The predicted octanol–water partition coefficient (Wildman–Crippen LogP) is 4.68. The lowest BCUT2D eigenvalue weighted by Crippen LogP contribution is -2.11. The highest BCUT2D eigenvalue weighted by Crippen LogP contribution is 2.28. The fourth-order valence-corrected chi connectivity index (χ4v) is 4.32. The third-order valence-electron chi connectivity index (χ3n) is 3.64. The summed E-state index contributed by atoms with van der Waals surface area (Å²) in [6.45, 7) is 3.82. The average Bonchev–Trinajstić information content (AvgIpc) is 3.17. The molecule has 0 radical (unpaired) electrons. The molecule has 0 aliphatic rings. The van der Waals surface area contributed by atoms with E-state index in [1.54, 1.807) is 17.5 Å². The molecule has 1 aromatic carbocycles. The van der Waals surface area contributed by atoms with Crippen LogP contribution in [0.25, 0.3) is 20.9 Å². The first-order chi connectivity index (χ1) is 12.1. The lowest BCUT2D eigenvalue weighted by molar-refractivity contribution is 0.103. The van der Waals surface area contributed by atoms with Gasteiger partial charge in [-0.15, -0.1) is 22.7 Å². The number of hydrogen-bond acceptors (Lipinski definition) is 6. The summed E-state index contributed by atoms with van der Waals surface area (Å²) >= 11 is 2.97. The maximum absolute atomic E-state index is 12.6. The van der Waals surface area contributed by atoms with E-state index in [2.05, 4.69) is 20.3 Å². The highest BCUT2D eigenvalue weighted by atomic mass is 32.1. The van der Waals surface area contributed by atoms with E-state index in [1.807, 2.05) is 50.2 Å². The Bertz CT molecular complexity index is 1070. The number of anilines is 1. The van der Waals surface area contributed by atoms with Gasteiger partial charge in [0.25, 0.3) is 5.91 Å². The molecular weight excluding hydrogens is 352 g/mol. The van der Waals surface area contributed by atoms with Crippen LogP contribution in [-0.2, 0) is 0 Å². The number of carbonyl (C=O) groups excluding carboxylic acids is 1. The number of rotatable bonds is 3. The summed E-state index contributed by atoms with van der Waals surface area (Å²) < 4.78 is 1.06. The van der Waals surface area contributed by atoms with Crippen LogP contribution in [0.3, 0.4) is 0 Å². The van der Waals surface area contributed by atoms with E-state index in [1.165, 1.54) is 11.3 Å². The van der Waals surface area contributed by atoms with Gasteiger partial charge in [0, 0.05) is 11.9 Å². The minimum atomic E-state index is -0.155. The quantitative estimate of drug-likeness (QED) is 0.571. The number of nitrogens with one attached hydrogen (secondary N) is 1. The van der Waals surface area contributed by atoms with Crippen LogP contribution in [0.4, 0.5) is 5.69 Å². The van der Waals surface area contributed by atoms with Crippen molar-refractivity contribution < 1.29 is 4.79 Å². The molecule has 0 aliphatic carbocycles. The largest absolute Gasteiger partial charge is 0.321 e. The summed E-state index contributed by atoms with van der Waals surface area (Å²) in [7, 11) is 0. The second-order valence-electron chi connectivity index (χ2n) is 5.52. The second-order valence-corrected chi connectivity index (χ2v) is 7.75. The number of aryl methyl sites for hydroxylation is 2. The number of aromatic nitrogens is 3. The molecule has 1 amide bonds. The van der Waals surface area contributed by atoms with E-state index in [4.69, 9.17) is 0 Å². The van der Waals surface area contributed by atoms with Gasteiger partial charge >= 0.3 is 0 Å². The fraction of sp³-hybridized carbons (Fsp3) is 0.111. The van der Waals surface area contributed by atoms with Crippen molar-refractivity contribution in [1.29, 1.82) is 0 Å². The van der Waals surface area contributed by atoms with Gasteiger partial charge in [0.15, 0.2) is 0 Å². The van der Waals surface area contributed by atoms with Crippen LogP contribution in [0.15, 0.2) is 42.6 Å². The molecular formula is C18H14N4OS2. The van der Waals surface area contributed by atoms with Crippen molar-refractivity contribution >= 4 is 44.5 Å². The first-order valence-corrected chi connectivity index (χ1v) is 9.31. The monoisotopic (exact) mass is 366 g/mol. The molecule has 3 aromatic heterocycles. The van der Waals surface area contributed by atoms with Gasteiger partial charge in [-0.3, -0.25) is 9.78 Å². The smallest absolute Gasteiger partial charge is 0.267 e. The number of thiazole rings is 2. The van der Waals surface area contributed by atoms with E-state index in [-0.39, 0.29) is 5.91 Å². The van der Waals surface area contributed by atoms with Crippen LogP contribution in [0.2, 0.25) is 0 Å². The lowest BCUT2D eigenvalue weighted by atomic mass is 10.3. The summed E-state index contributed by atoms with van der Waals surface area (Å²) in [5, 5.41) is 4.71. The Labute approximate surface area is 152 Å². The lowest BCUT2D eigenvalue weighted by Gasteiger charge is -2.03. The van der Waals surface area contributed by atoms with Crippen LogP contribution >= 0.6 is 22.7 Å². The van der Waals surface area contributed by atoms with Gasteiger partial charge in [0.05, 0.1) is 26.6 Å². The highest BCUT2D eigenvalue weighted by Gasteiger charge is 2.17. The van der Waals surface area contributed by atoms with Crippen LogP contribution in [0, 0.1) is 13.8 Å². The van der Waals surface area contributed by atoms with Gasteiger partial charge in [-0.1, -0.05) is 6.07 Å². The number of pyridine rings is 1. The van der Waals surface area contributed by atoms with Crippen molar-refractivity contribution in [2.75, 3.05) is 5.32 Å². The first kappa shape index (κ1) is 15.9. The second kappa shape index (κ2) is 6.34. The minimum Gasteiger partial charge on any atom is -0.321 e. The van der Waals surface area contributed by atoms with Crippen molar-refractivity contribution in [2.45, 2.75) is 13.8 Å². The van der Waals surface area contributed by atoms with E-state index < -0.39 is 0 Å². The van der Waals surface area contributed by atoms with Gasteiger partial charge in [-0.2, -0.15) is 0 Å². The number of carbonyl (C=O) groups is 1. The maximum Gasteiger partial charge on any atom is 0.267 e. The van der Waals surface area contributed by atoms with Gasteiger partial charge in [-0.05, 0) is 44.2 Å². The first-order valence-electron chi connectivity index (χ1n) is 7.67. The molecule has 4 rings (SSSR count). The molecule has 0 aliphatic heterocycles. The van der Waals surface area contributed by atoms with E-state index >= 15 is 0 Å². The van der Waals surface area contributed by atoms with Crippen LogP contribution in [-0.4, -0.2) is 20.9 Å². The van der Waals surface area contributed by atoms with Gasteiger partial charge in [0.1, 0.15) is 9.88 Å². The van der Waals surface area contributed by atoms with Crippen molar-refractivity contribution in [3.05, 3.63) is 58.2 Å². The Morgan fingerprint density at radius 3 is 2.76 bits per heavy atom. The molecule has 7 heteroatoms. The zero-order valence-electron chi connectivity index (χ0n) is 13.6. The SMILES string of the molecule is Cc1nc2ccc(NC(=O)c3sc(-c4ccccn4)nc3C)cc2s1. The molecule has 0 unspecified atom stereocenters. The number of nitrogens with zero attached hydrogens (tertiary/aromatic N) is 3. The summed E-state index contributed by atoms with van der Waals surface area (Å²) in [6.07, 6.45) is 1.72. The maximum atomic E-state index is 12.6. The molecule has 3 heterocycles. The normalized spacial score (nSPS) is 11.0. The Hall–Kier alpha value is -2.64. The Balaban J connectivity index is 1.61. The predicted molar refractivity (Wildman–Crippen MR) is 102 cm³/mol. The summed E-state index contributed by atoms with van der Waals surface area (Å²) in [5.41, 5.74) is 3.19. The van der Waals surface area contributed by atoms with Crippen LogP contribution in [0.1, 0.15) is 20.4 Å². The molecule has 1 N–H and O–H groups in total. The molecule has 0 saturated carbocycles. The van der Waals surface area contributed by atoms with Crippen LogP contribution < -0.4 is 5.32 Å². The number of hydrogen-bond donors (Lipinski definition) is 1.